The number of pyridine rings is 1. The lowest BCUT2D eigenvalue weighted by Crippen LogP contribution is -2.62. The van der Waals surface area contributed by atoms with Gasteiger partial charge in [-0.05, 0) is 36.6 Å². The molecule has 1 aromatic carbocycles. The minimum Gasteiger partial charge on any atom is -0.353 e. The second-order valence-electron chi connectivity index (χ2n) is 10.4. The molecule has 35 heavy (non-hydrogen) atoms. The van der Waals surface area contributed by atoms with Gasteiger partial charge in [0.2, 0.25) is 0 Å². The first-order chi connectivity index (χ1) is 16.7. The summed E-state index contributed by atoms with van der Waals surface area (Å²) in [6.45, 7) is 1.97. The van der Waals surface area contributed by atoms with Crippen LogP contribution in [0.1, 0.15) is 42.4 Å². The van der Waals surface area contributed by atoms with Gasteiger partial charge in [0.05, 0.1) is 24.5 Å². The van der Waals surface area contributed by atoms with E-state index in [2.05, 4.69) is 15.2 Å². The first-order valence-corrected chi connectivity index (χ1v) is 12.0. The number of aromatic nitrogens is 4. The van der Waals surface area contributed by atoms with E-state index in [9.17, 15) is 17.6 Å². The Morgan fingerprint density at radius 1 is 1.00 bits per heavy atom. The smallest absolute Gasteiger partial charge is 0.265 e. The van der Waals surface area contributed by atoms with Gasteiger partial charge in [-0.1, -0.05) is 11.6 Å². The Balaban J connectivity index is 1.14. The number of halogens is 5. The van der Waals surface area contributed by atoms with Crippen LogP contribution in [0.5, 0.6) is 0 Å². The van der Waals surface area contributed by atoms with Crippen molar-refractivity contribution in [3.8, 4) is 5.69 Å². The average molecular weight is 505 g/mol. The molecule has 2 aliphatic carbocycles. The van der Waals surface area contributed by atoms with E-state index >= 15 is 0 Å². The number of benzene rings is 1. The topological polar surface area (TPSA) is 50.1 Å². The highest BCUT2D eigenvalue weighted by Crippen LogP contribution is 2.57. The zero-order valence-corrected chi connectivity index (χ0v) is 19.3. The largest absolute Gasteiger partial charge is 0.353 e. The van der Waals surface area contributed by atoms with E-state index in [1.165, 1.54) is 0 Å². The van der Waals surface area contributed by atoms with Crippen LogP contribution in [0.15, 0.2) is 30.5 Å². The predicted molar refractivity (Wildman–Crippen MR) is 120 cm³/mol. The zero-order valence-electron chi connectivity index (χ0n) is 18.6. The molecule has 182 valence electrons. The Morgan fingerprint density at radius 3 is 2.49 bits per heavy atom. The summed E-state index contributed by atoms with van der Waals surface area (Å²) in [6.07, 6.45) is 2.60. The Hall–Kier alpha value is -2.72. The molecule has 4 heterocycles. The second-order valence-corrected chi connectivity index (χ2v) is 10.8. The third-order valence-electron chi connectivity index (χ3n) is 7.85. The molecule has 2 saturated carbocycles. The van der Waals surface area contributed by atoms with Crippen LogP contribution in [0.4, 0.5) is 23.4 Å². The summed E-state index contributed by atoms with van der Waals surface area (Å²) >= 11 is 6.25. The van der Waals surface area contributed by atoms with E-state index in [1.807, 2.05) is 21.6 Å². The van der Waals surface area contributed by atoms with Gasteiger partial charge in [-0.3, -0.25) is 9.47 Å². The molecule has 3 fully saturated rings. The van der Waals surface area contributed by atoms with Crippen molar-refractivity contribution in [2.24, 2.45) is 5.41 Å². The fraction of sp³-hybridized carbons (Fsp3) is 0.458. The molecule has 0 amide bonds. The van der Waals surface area contributed by atoms with Crippen molar-refractivity contribution >= 4 is 17.4 Å². The first kappa shape index (κ1) is 21.6. The molecule has 1 atom stereocenters. The Kier molecular flexibility index (Phi) is 4.41. The molecule has 2 aromatic heterocycles. The van der Waals surface area contributed by atoms with Gasteiger partial charge in [0.25, 0.3) is 5.92 Å². The molecule has 1 spiro atoms. The molecule has 0 radical (unpaired) electrons. The summed E-state index contributed by atoms with van der Waals surface area (Å²) in [5.41, 5.74) is 1.79. The third-order valence-corrected chi connectivity index (χ3v) is 8.09. The van der Waals surface area contributed by atoms with Gasteiger partial charge in [0, 0.05) is 48.5 Å². The molecule has 1 saturated heterocycles. The number of alkyl halides is 2. The molecular formula is C24H21ClF4N6. The molecular weight excluding hydrogens is 484 g/mol. The number of hydrogen-bond acceptors (Lipinski definition) is 5. The summed E-state index contributed by atoms with van der Waals surface area (Å²) in [6, 6.07) is 5.60. The summed E-state index contributed by atoms with van der Waals surface area (Å²) in [4.78, 5) is 7.51. The standard InChI is InChI=1S/C24H21ClF4N6/c25-15-1-2-18-13(3-15)9-33(19-7-24(19,28)29)10-20-31-32-21(35(18)20)14-5-23(6-14)11-34(12-23)22-17(27)4-16(26)8-30-22/h1-4,8,14,19H,5-7,9-12H2. The lowest BCUT2D eigenvalue weighted by Gasteiger charge is -2.59. The minimum absolute atomic E-state index is 0.0369. The number of hydrogen-bond donors (Lipinski definition) is 0. The van der Waals surface area contributed by atoms with Crippen LogP contribution in [0.25, 0.3) is 5.69 Å². The van der Waals surface area contributed by atoms with E-state index in [4.69, 9.17) is 11.6 Å². The zero-order chi connectivity index (χ0) is 24.1. The van der Waals surface area contributed by atoms with E-state index in [-0.39, 0.29) is 23.6 Å². The predicted octanol–water partition coefficient (Wildman–Crippen LogP) is 4.70. The van der Waals surface area contributed by atoms with Crippen LogP contribution in [0.3, 0.4) is 0 Å². The highest BCUT2D eigenvalue weighted by Gasteiger charge is 2.60. The molecule has 0 N–H and O–H groups in total. The van der Waals surface area contributed by atoms with Gasteiger partial charge < -0.3 is 4.90 Å². The monoisotopic (exact) mass is 504 g/mol. The van der Waals surface area contributed by atoms with Gasteiger partial charge >= 0.3 is 0 Å². The highest BCUT2D eigenvalue weighted by atomic mass is 35.5. The third kappa shape index (κ3) is 3.36. The van der Waals surface area contributed by atoms with Crippen molar-refractivity contribution in [1.82, 2.24) is 24.6 Å². The lowest BCUT2D eigenvalue weighted by atomic mass is 9.57. The van der Waals surface area contributed by atoms with Gasteiger partial charge in [-0.15, -0.1) is 10.2 Å². The van der Waals surface area contributed by atoms with Crippen LogP contribution >= 0.6 is 11.6 Å². The van der Waals surface area contributed by atoms with E-state index in [0.717, 1.165) is 42.2 Å². The van der Waals surface area contributed by atoms with Gasteiger partial charge in [0.15, 0.2) is 17.5 Å². The Morgan fingerprint density at radius 2 is 1.77 bits per heavy atom. The van der Waals surface area contributed by atoms with Crippen molar-refractivity contribution in [2.75, 3.05) is 18.0 Å². The second kappa shape index (κ2) is 7.16. The first-order valence-electron chi connectivity index (χ1n) is 11.6. The van der Waals surface area contributed by atoms with Crippen molar-refractivity contribution in [2.45, 2.75) is 50.2 Å². The maximum absolute atomic E-state index is 14.1. The number of fused-ring (bicyclic) bond motifs is 3. The number of anilines is 1. The van der Waals surface area contributed by atoms with Gasteiger partial charge in [-0.25, -0.2) is 22.5 Å². The maximum Gasteiger partial charge on any atom is 0.265 e. The van der Waals surface area contributed by atoms with E-state index in [1.54, 1.807) is 11.0 Å². The summed E-state index contributed by atoms with van der Waals surface area (Å²) in [5, 5.41) is 9.47. The fourth-order valence-corrected chi connectivity index (χ4v) is 6.30. The van der Waals surface area contributed by atoms with Crippen molar-refractivity contribution < 1.29 is 17.6 Å². The highest BCUT2D eigenvalue weighted by molar-refractivity contribution is 6.30. The summed E-state index contributed by atoms with van der Waals surface area (Å²) in [7, 11) is 0. The molecule has 0 bridgehead atoms. The van der Waals surface area contributed by atoms with Crippen molar-refractivity contribution in [3.05, 3.63) is 64.3 Å². The maximum atomic E-state index is 14.1. The molecule has 7 rings (SSSR count). The lowest BCUT2D eigenvalue weighted by molar-refractivity contribution is 0.0574. The normalized spacial score (nSPS) is 24.4. The average Bonchev–Trinajstić information content (AvgIpc) is 3.25. The van der Waals surface area contributed by atoms with Crippen LogP contribution in [-0.4, -0.2) is 49.7 Å². The molecule has 11 heteroatoms. The van der Waals surface area contributed by atoms with Crippen molar-refractivity contribution in [3.63, 3.8) is 0 Å². The molecule has 2 aliphatic heterocycles. The summed E-state index contributed by atoms with van der Waals surface area (Å²) in [5.74, 6) is -2.21. The van der Waals surface area contributed by atoms with Crippen LogP contribution in [0, 0.1) is 17.0 Å². The van der Waals surface area contributed by atoms with Crippen LogP contribution in [-0.2, 0) is 13.1 Å². The van der Waals surface area contributed by atoms with Crippen LogP contribution in [0.2, 0.25) is 5.02 Å². The molecule has 6 nitrogen and oxygen atoms in total. The van der Waals surface area contributed by atoms with Gasteiger partial charge in [0.1, 0.15) is 11.6 Å². The molecule has 1 unspecified atom stereocenters. The van der Waals surface area contributed by atoms with Crippen molar-refractivity contribution in [1.29, 1.82) is 0 Å². The SMILES string of the molecule is Fc1cnc(N2CC3(CC(c4nnc5n4-c4ccc(Cl)cc4CN(C4CC4(F)F)C5)C3)C2)c(F)c1. The van der Waals surface area contributed by atoms with Gasteiger partial charge in [-0.2, -0.15) is 0 Å². The Bertz CT molecular complexity index is 1350. The number of nitrogens with zero attached hydrogens (tertiary/aromatic N) is 6. The molecule has 4 aliphatic rings. The van der Waals surface area contributed by atoms with E-state index < -0.39 is 23.6 Å². The summed E-state index contributed by atoms with van der Waals surface area (Å²) < 4.78 is 57.1. The quantitative estimate of drug-likeness (QED) is 0.484. The minimum atomic E-state index is -2.67. The Labute approximate surface area is 203 Å². The van der Waals surface area contributed by atoms with E-state index in [0.29, 0.717) is 37.0 Å². The number of rotatable bonds is 3. The van der Waals surface area contributed by atoms with Crippen LogP contribution < -0.4 is 4.90 Å². The molecule has 3 aromatic rings. The fourth-order valence-electron chi connectivity index (χ4n) is 6.11.